The molecule has 1 heterocycles. The predicted octanol–water partition coefficient (Wildman–Crippen LogP) is 3.86. The van der Waals surface area contributed by atoms with Gasteiger partial charge in [-0.2, -0.15) is 13.2 Å². The van der Waals surface area contributed by atoms with Crippen molar-refractivity contribution >= 4 is 21.7 Å². The molecule has 1 N–H and O–H groups in total. The Bertz CT molecular complexity index is 1130. The van der Waals surface area contributed by atoms with Crippen LogP contribution < -0.4 is 10.1 Å². The minimum atomic E-state index is -5.49. The minimum Gasteiger partial charge on any atom is -0.483 e. The number of sulfone groups is 1. The van der Waals surface area contributed by atoms with E-state index in [9.17, 15) is 31.2 Å². The Kier molecular flexibility index (Phi) is 7.86. The van der Waals surface area contributed by atoms with Gasteiger partial charge < -0.3 is 15.0 Å². The fourth-order valence-electron chi connectivity index (χ4n) is 3.66. The second kappa shape index (κ2) is 10.5. The molecule has 0 spiro atoms. The van der Waals surface area contributed by atoms with E-state index in [2.05, 4.69) is 5.32 Å². The maximum atomic E-state index is 12.7. The normalized spacial score (nSPS) is 15.1. The van der Waals surface area contributed by atoms with Gasteiger partial charge in [-0.05, 0) is 49.6 Å². The maximum Gasteiger partial charge on any atom is 0.501 e. The lowest BCUT2D eigenvalue weighted by Gasteiger charge is -2.22. The highest BCUT2D eigenvalue weighted by atomic mass is 32.2. The van der Waals surface area contributed by atoms with Crippen LogP contribution in [-0.2, 0) is 14.6 Å². The molecule has 0 saturated carbocycles. The fraction of sp³-hybridized carbons (Fsp3) is 0.391. The summed E-state index contributed by atoms with van der Waals surface area (Å²) in [6.45, 7) is 3.12. The lowest BCUT2D eigenvalue weighted by Crippen LogP contribution is -2.32. The van der Waals surface area contributed by atoms with Crippen LogP contribution in [0.5, 0.6) is 5.75 Å². The molecular formula is C23H25F3N2O5S. The van der Waals surface area contributed by atoms with Gasteiger partial charge in [-0.25, -0.2) is 8.42 Å². The monoisotopic (exact) mass is 498 g/mol. The van der Waals surface area contributed by atoms with E-state index in [1.54, 1.807) is 29.2 Å². The molecular weight excluding hydrogens is 473 g/mol. The number of amides is 2. The number of nitrogens with zero attached hydrogens (tertiary/aromatic N) is 1. The average Bonchev–Trinajstić information content (AvgIpc) is 3.35. The largest absolute Gasteiger partial charge is 0.501 e. The molecule has 11 heteroatoms. The van der Waals surface area contributed by atoms with E-state index in [1.165, 1.54) is 0 Å². The summed E-state index contributed by atoms with van der Waals surface area (Å²) in [5.74, 6) is -0.266. The summed E-state index contributed by atoms with van der Waals surface area (Å²) in [7, 11) is -5.49. The van der Waals surface area contributed by atoms with E-state index in [4.69, 9.17) is 4.74 Å². The Balaban J connectivity index is 1.71. The third kappa shape index (κ3) is 5.69. The second-order valence-corrected chi connectivity index (χ2v) is 9.76. The number of rotatable bonds is 8. The smallest absolute Gasteiger partial charge is 0.483 e. The highest BCUT2D eigenvalue weighted by molar-refractivity contribution is 7.92. The van der Waals surface area contributed by atoms with Gasteiger partial charge in [0, 0.05) is 24.2 Å². The molecule has 1 saturated heterocycles. The molecule has 0 aromatic heterocycles. The number of halogens is 3. The Hall–Kier alpha value is -3.08. The number of benzene rings is 2. The van der Waals surface area contributed by atoms with Crippen LogP contribution in [-0.4, -0.2) is 50.3 Å². The fourth-order valence-corrected chi connectivity index (χ4v) is 4.42. The molecule has 2 aromatic carbocycles. The van der Waals surface area contributed by atoms with Crippen molar-refractivity contribution in [2.45, 2.75) is 42.6 Å². The standard InChI is InChI=1S/C23H25F3N2O5S/c1-2-19(18-7-3-4-8-20(18)33-15-21(29)28-13-5-6-14-28)27-22(30)16-9-11-17(12-10-16)34(31,32)23(24,25)26/h3-4,7-12,19H,2,5-6,13-15H2,1H3,(H,27,30). The van der Waals surface area contributed by atoms with Gasteiger partial charge in [-0.3, -0.25) is 9.59 Å². The van der Waals surface area contributed by atoms with Crippen molar-refractivity contribution < 1.29 is 35.9 Å². The number of ether oxygens (including phenoxy) is 1. The molecule has 7 nitrogen and oxygen atoms in total. The van der Waals surface area contributed by atoms with Gasteiger partial charge in [0.25, 0.3) is 21.7 Å². The molecule has 2 amide bonds. The Morgan fingerprint density at radius 2 is 1.68 bits per heavy atom. The molecule has 1 unspecified atom stereocenters. The Morgan fingerprint density at radius 1 is 1.06 bits per heavy atom. The van der Waals surface area contributed by atoms with E-state index >= 15 is 0 Å². The first-order valence-corrected chi connectivity index (χ1v) is 12.2. The number of likely N-dealkylation sites (tertiary alicyclic amines) is 1. The minimum absolute atomic E-state index is 0.00202. The second-order valence-electron chi connectivity index (χ2n) is 7.82. The van der Waals surface area contributed by atoms with Crippen molar-refractivity contribution in [3.63, 3.8) is 0 Å². The molecule has 0 radical (unpaired) electrons. The van der Waals surface area contributed by atoms with E-state index in [1.807, 2.05) is 6.92 Å². The molecule has 2 aromatic rings. The van der Waals surface area contributed by atoms with Gasteiger partial charge in [0.2, 0.25) is 0 Å². The van der Waals surface area contributed by atoms with Gasteiger partial charge in [-0.15, -0.1) is 0 Å². The molecule has 1 atom stereocenters. The maximum absolute atomic E-state index is 12.7. The van der Waals surface area contributed by atoms with E-state index in [0.29, 0.717) is 30.8 Å². The number of nitrogens with one attached hydrogen (secondary N) is 1. The number of para-hydroxylation sites is 1. The zero-order valence-electron chi connectivity index (χ0n) is 18.5. The van der Waals surface area contributed by atoms with Gasteiger partial charge in [0.15, 0.2) is 6.61 Å². The number of carbonyl (C=O) groups excluding carboxylic acids is 2. The van der Waals surface area contributed by atoms with Crippen molar-refractivity contribution in [1.29, 1.82) is 0 Å². The summed E-state index contributed by atoms with van der Waals surface area (Å²) < 4.78 is 66.9. The van der Waals surface area contributed by atoms with E-state index < -0.39 is 32.2 Å². The van der Waals surface area contributed by atoms with Crippen LogP contribution in [0.3, 0.4) is 0 Å². The van der Waals surface area contributed by atoms with E-state index in [0.717, 1.165) is 37.1 Å². The zero-order chi connectivity index (χ0) is 24.9. The molecule has 3 rings (SSSR count). The average molecular weight is 499 g/mol. The first kappa shape index (κ1) is 25.5. The molecule has 0 bridgehead atoms. The molecule has 1 aliphatic heterocycles. The Morgan fingerprint density at radius 3 is 2.26 bits per heavy atom. The van der Waals surface area contributed by atoms with Crippen LogP contribution in [0.25, 0.3) is 0 Å². The van der Waals surface area contributed by atoms with Crippen molar-refractivity contribution in [3.8, 4) is 5.75 Å². The summed E-state index contributed by atoms with van der Waals surface area (Å²) in [6.07, 6.45) is 2.40. The van der Waals surface area contributed by atoms with Crippen LogP contribution in [0.4, 0.5) is 13.2 Å². The van der Waals surface area contributed by atoms with Crippen LogP contribution in [0.2, 0.25) is 0 Å². The van der Waals surface area contributed by atoms with Crippen LogP contribution in [0.15, 0.2) is 53.4 Å². The van der Waals surface area contributed by atoms with Gasteiger partial charge in [0.05, 0.1) is 10.9 Å². The van der Waals surface area contributed by atoms with Gasteiger partial charge in [0.1, 0.15) is 5.75 Å². The topological polar surface area (TPSA) is 92.8 Å². The molecule has 1 aliphatic rings. The van der Waals surface area contributed by atoms with Crippen molar-refractivity contribution in [2.24, 2.45) is 0 Å². The first-order valence-electron chi connectivity index (χ1n) is 10.8. The summed E-state index contributed by atoms with van der Waals surface area (Å²) >= 11 is 0. The summed E-state index contributed by atoms with van der Waals surface area (Å²) in [4.78, 5) is 25.8. The lowest BCUT2D eigenvalue weighted by molar-refractivity contribution is -0.132. The van der Waals surface area contributed by atoms with Crippen LogP contribution >= 0.6 is 0 Å². The van der Waals surface area contributed by atoms with Crippen LogP contribution in [0, 0.1) is 0 Å². The quantitative estimate of drug-likeness (QED) is 0.597. The number of hydrogen-bond acceptors (Lipinski definition) is 5. The molecule has 34 heavy (non-hydrogen) atoms. The van der Waals surface area contributed by atoms with Crippen molar-refractivity contribution in [3.05, 3.63) is 59.7 Å². The molecule has 1 fully saturated rings. The highest BCUT2D eigenvalue weighted by Gasteiger charge is 2.46. The van der Waals surface area contributed by atoms with Gasteiger partial charge in [-0.1, -0.05) is 25.1 Å². The predicted molar refractivity (Wildman–Crippen MR) is 118 cm³/mol. The zero-order valence-corrected chi connectivity index (χ0v) is 19.3. The number of carbonyl (C=O) groups is 2. The highest BCUT2D eigenvalue weighted by Crippen LogP contribution is 2.31. The van der Waals surface area contributed by atoms with Gasteiger partial charge >= 0.3 is 5.51 Å². The third-order valence-corrected chi connectivity index (χ3v) is 7.05. The number of hydrogen-bond donors (Lipinski definition) is 1. The summed E-state index contributed by atoms with van der Waals surface area (Å²) in [5.41, 5.74) is -4.78. The number of alkyl halides is 3. The Labute approximate surface area is 195 Å². The van der Waals surface area contributed by atoms with Crippen LogP contribution in [0.1, 0.15) is 48.1 Å². The summed E-state index contributed by atoms with van der Waals surface area (Å²) in [6, 6.07) is 9.99. The molecule has 184 valence electrons. The summed E-state index contributed by atoms with van der Waals surface area (Å²) in [5, 5.41) is 2.78. The van der Waals surface area contributed by atoms with Crippen molar-refractivity contribution in [2.75, 3.05) is 19.7 Å². The lowest BCUT2D eigenvalue weighted by atomic mass is 10.0. The SMILES string of the molecule is CCC(NC(=O)c1ccc(S(=O)(=O)C(F)(F)F)cc1)c1ccccc1OCC(=O)N1CCCC1. The third-order valence-electron chi connectivity index (χ3n) is 5.55. The first-order chi connectivity index (χ1) is 16.0. The molecule has 0 aliphatic carbocycles. The van der Waals surface area contributed by atoms with Crippen molar-refractivity contribution in [1.82, 2.24) is 10.2 Å². The van der Waals surface area contributed by atoms with E-state index in [-0.39, 0.29) is 18.1 Å².